The molecule has 0 saturated carbocycles. The number of pyridine rings is 1. The number of anilines is 2. The van der Waals surface area contributed by atoms with Gasteiger partial charge in [0, 0.05) is 67.3 Å². The van der Waals surface area contributed by atoms with Crippen molar-refractivity contribution in [3.8, 4) is 17.2 Å². The first kappa shape index (κ1) is 26.0. The van der Waals surface area contributed by atoms with Gasteiger partial charge in [-0.2, -0.15) is 0 Å². The van der Waals surface area contributed by atoms with Crippen molar-refractivity contribution in [3.05, 3.63) is 72.6 Å². The van der Waals surface area contributed by atoms with Crippen LogP contribution in [0.25, 0.3) is 10.9 Å². The number of fused-ring (bicyclic) bond motifs is 1. The molecule has 9 heteroatoms. The highest BCUT2D eigenvalue weighted by Crippen LogP contribution is 2.36. The van der Waals surface area contributed by atoms with Gasteiger partial charge in [-0.05, 0) is 81.2 Å². The van der Waals surface area contributed by atoms with Crippen molar-refractivity contribution in [2.24, 2.45) is 0 Å². The summed E-state index contributed by atoms with van der Waals surface area (Å²) in [6.07, 6.45) is 8.64. The van der Waals surface area contributed by atoms with E-state index in [2.05, 4.69) is 25.5 Å². The number of piperidine rings is 1. The van der Waals surface area contributed by atoms with Gasteiger partial charge in [0.25, 0.3) is 5.91 Å². The van der Waals surface area contributed by atoms with Crippen LogP contribution in [0.2, 0.25) is 0 Å². The third-order valence-electron chi connectivity index (χ3n) is 8.03. The summed E-state index contributed by atoms with van der Waals surface area (Å²) in [5, 5.41) is 3.90. The minimum atomic E-state index is -0.212. The summed E-state index contributed by atoms with van der Waals surface area (Å²) in [4.78, 5) is 22.4. The van der Waals surface area contributed by atoms with E-state index in [1.165, 1.54) is 44.5 Å². The number of aromatic nitrogens is 2. The van der Waals surface area contributed by atoms with E-state index in [1.807, 2.05) is 60.4 Å². The van der Waals surface area contributed by atoms with Crippen molar-refractivity contribution in [1.29, 1.82) is 0 Å². The van der Waals surface area contributed by atoms with Gasteiger partial charge in [0.2, 0.25) is 0 Å². The van der Waals surface area contributed by atoms with E-state index in [0.29, 0.717) is 28.6 Å². The number of nitrogens with one attached hydrogen (secondary N) is 2. The van der Waals surface area contributed by atoms with Crippen molar-refractivity contribution in [2.75, 3.05) is 56.0 Å². The molecule has 2 saturated heterocycles. The van der Waals surface area contributed by atoms with Gasteiger partial charge in [-0.3, -0.25) is 9.47 Å². The number of hydrogen-bond donors (Lipinski definition) is 2. The highest BCUT2D eigenvalue weighted by Gasteiger charge is 2.26. The highest BCUT2D eigenvalue weighted by atomic mass is 16.5. The monoisotopic (exact) mass is 540 g/mol. The van der Waals surface area contributed by atoms with Crippen LogP contribution in [-0.4, -0.2) is 66.8 Å². The third kappa shape index (κ3) is 5.42. The zero-order valence-electron chi connectivity index (χ0n) is 23.1. The molecule has 2 N–H and O–H groups in total. The Kier molecular flexibility index (Phi) is 7.46. The molecule has 9 nitrogen and oxygen atoms in total. The van der Waals surface area contributed by atoms with Gasteiger partial charge < -0.3 is 30.0 Å². The molecule has 1 amide bonds. The number of hydrogen-bond acceptors (Lipinski definition) is 7. The number of ether oxygens (including phenoxy) is 2. The summed E-state index contributed by atoms with van der Waals surface area (Å²) < 4.78 is 13.6. The first-order valence-electron chi connectivity index (χ1n) is 14.0. The largest absolute Gasteiger partial charge is 0.493 e. The highest BCUT2D eigenvalue weighted by molar-refractivity contribution is 6.04. The molecular weight excluding hydrogens is 504 g/mol. The maximum Gasteiger partial charge on any atom is 0.256 e. The molecule has 0 unspecified atom stereocenters. The molecule has 4 heterocycles. The molecule has 2 fully saturated rings. The van der Waals surface area contributed by atoms with Crippen molar-refractivity contribution in [2.45, 2.75) is 31.7 Å². The summed E-state index contributed by atoms with van der Waals surface area (Å²) in [6, 6.07) is 17.9. The van der Waals surface area contributed by atoms with E-state index >= 15 is 0 Å². The molecule has 0 bridgehead atoms. The molecular formula is C31H36N6O3. The van der Waals surface area contributed by atoms with Crippen LogP contribution in [0, 0.1) is 0 Å². The van der Waals surface area contributed by atoms with Gasteiger partial charge in [-0.1, -0.05) is 0 Å². The number of likely N-dealkylation sites (tertiary alicyclic amines) is 1. The van der Waals surface area contributed by atoms with E-state index in [1.54, 1.807) is 25.4 Å². The maximum atomic E-state index is 13.0. The minimum Gasteiger partial charge on any atom is -0.493 e. The van der Waals surface area contributed by atoms with Gasteiger partial charge in [-0.25, -0.2) is 4.98 Å². The molecule has 2 aliphatic heterocycles. The summed E-state index contributed by atoms with van der Waals surface area (Å²) >= 11 is 0. The van der Waals surface area contributed by atoms with Crippen molar-refractivity contribution >= 4 is 28.3 Å². The Morgan fingerprint density at radius 3 is 2.45 bits per heavy atom. The molecule has 208 valence electrons. The van der Waals surface area contributed by atoms with Gasteiger partial charge in [0.05, 0.1) is 12.6 Å². The van der Waals surface area contributed by atoms with E-state index in [9.17, 15) is 4.79 Å². The molecule has 2 aromatic carbocycles. The molecule has 0 radical (unpaired) electrons. The number of amides is 1. The minimum absolute atomic E-state index is 0.212. The van der Waals surface area contributed by atoms with Crippen LogP contribution in [0.3, 0.4) is 0 Å². The summed E-state index contributed by atoms with van der Waals surface area (Å²) in [6.45, 7) is 4.63. The number of nitrogens with zero attached hydrogens (tertiary/aromatic N) is 4. The average Bonchev–Trinajstić information content (AvgIpc) is 3.67. The molecule has 0 atom stereocenters. The van der Waals surface area contributed by atoms with Crippen LogP contribution >= 0.6 is 0 Å². The topological polar surface area (TPSA) is 83.9 Å². The second kappa shape index (κ2) is 11.5. The number of carbonyl (C=O) groups excluding carboxylic acids is 1. The first-order valence-corrected chi connectivity index (χ1v) is 14.0. The van der Waals surface area contributed by atoms with E-state index in [-0.39, 0.29) is 5.91 Å². The lowest BCUT2D eigenvalue weighted by Crippen LogP contribution is -2.43. The second-order valence-electron chi connectivity index (χ2n) is 10.4. The fraction of sp³-hybridized carbons (Fsp3) is 0.355. The Labute approximate surface area is 234 Å². The molecule has 6 rings (SSSR count). The first-order chi connectivity index (χ1) is 19.6. The zero-order chi connectivity index (χ0) is 27.5. The van der Waals surface area contributed by atoms with Crippen LogP contribution in [0.5, 0.6) is 17.2 Å². The van der Waals surface area contributed by atoms with E-state index < -0.39 is 0 Å². The number of benzene rings is 2. The molecule has 40 heavy (non-hydrogen) atoms. The lowest BCUT2D eigenvalue weighted by Gasteiger charge is -2.37. The van der Waals surface area contributed by atoms with Crippen LogP contribution < -0.4 is 25.1 Å². The molecule has 2 aliphatic rings. The summed E-state index contributed by atoms with van der Waals surface area (Å²) in [7, 11) is 3.47. The molecule has 4 aromatic rings. The number of carbonyl (C=O) groups is 1. The SMILES string of the molecule is CNn1ccc2cc(Oc3ccnc(NC(=O)c4ccc(N5CCC(N6CCCC6)CC5)cc4)c3)c(OC)cc21. The Morgan fingerprint density at radius 1 is 0.950 bits per heavy atom. The predicted octanol–water partition coefficient (Wildman–Crippen LogP) is 5.33. The maximum absolute atomic E-state index is 13.0. The smallest absolute Gasteiger partial charge is 0.256 e. The van der Waals surface area contributed by atoms with Crippen LogP contribution in [0.1, 0.15) is 36.0 Å². The summed E-state index contributed by atoms with van der Waals surface area (Å²) in [5.74, 6) is 1.93. The van der Waals surface area contributed by atoms with Gasteiger partial charge >= 0.3 is 0 Å². The van der Waals surface area contributed by atoms with Gasteiger partial charge in [0.1, 0.15) is 11.6 Å². The van der Waals surface area contributed by atoms with Gasteiger partial charge in [0.15, 0.2) is 11.5 Å². The Bertz CT molecular complexity index is 1470. The Hall–Kier alpha value is -4.24. The quantitative estimate of drug-likeness (QED) is 0.313. The van der Waals surface area contributed by atoms with Crippen molar-refractivity contribution < 1.29 is 14.3 Å². The average molecular weight is 541 g/mol. The molecule has 0 spiro atoms. The third-order valence-corrected chi connectivity index (χ3v) is 8.03. The standard InChI is InChI=1S/C31H36N6O3/c1-32-37-18-10-23-19-29(28(39-2)21-27(23)37)40-26-9-13-33-30(20-26)34-31(38)22-5-7-24(8-6-22)36-16-11-25(12-17-36)35-14-3-4-15-35/h5-10,13,18-21,25,32H,3-4,11-12,14-17H2,1-2H3,(H,33,34,38). The zero-order valence-corrected chi connectivity index (χ0v) is 23.1. The van der Waals surface area contributed by atoms with Crippen LogP contribution in [0.4, 0.5) is 11.5 Å². The number of methoxy groups -OCH3 is 1. The summed E-state index contributed by atoms with van der Waals surface area (Å²) in [5.41, 5.74) is 5.84. The fourth-order valence-electron chi connectivity index (χ4n) is 5.85. The Morgan fingerprint density at radius 2 is 1.73 bits per heavy atom. The lowest BCUT2D eigenvalue weighted by molar-refractivity contribution is 0.102. The predicted molar refractivity (Wildman–Crippen MR) is 159 cm³/mol. The Balaban J connectivity index is 1.09. The van der Waals surface area contributed by atoms with E-state index in [0.717, 1.165) is 30.0 Å². The van der Waals surface area contributed by atoms with Crippen molar-refractivity contribution in [1.82, 2.24) is 14.6 Å². The molecule has 2 aromatic heterocycles. The van der Waals surface area contributed by atoms with E-state index in [4.69, 9.17) is 9.47 Å². The lowest BCUT2D eigenvalue weighted by atomic mass is 10.0. The van der Waals surface area contributed by atoms with Crippen molar-refractivity contribution in [3.63, 3.8) is 0 Å². The van der Waals surface area contributed by atoms with Crippen LogP contribution in [0.15, 0.2) is 67.0 Å². The fourth-order valence-corrected chi connectivity index (χ4v) is 5.85. The van der Waals surface area contributed by atoms with Crippen LogP contribution in [-0.2, 0) is 0 Å². The van der Waals surface area contributed by atoms with Gasteiger partial charge in [-0.15, -0.1) is 0 Å². The molecule has 0 aliphatic carbocycles. The normalized spacial score (nSPS) is 16.3. The number of rotatable bonds is 8. The second-order valence-corrected chi connectivity index (χ2v) is 10.4.